The van der Waals surface area contributed by atoms with Crippen LogP contribution in [0.4, 0.5) is 5.69 Å². The third-order valence-electron chi connectivity index (χ3n) is 5.39. The fraction of sp³-hybridized carbons (Fsp3) is 0.435. The van der Waals surface area contributed by atoms with Crippen molar-refractivity contribution in [3.8, 4) is 11.5 Å². The summed E-state index contributed by atoms with van der Waals surface area (Å²) >= 11 is 0. The SMILES string of the molecule is CC[C@H](NC(=O)[C@@H](C)N(c1ccc2c(c1)OCCO2)S(C)(=O)=O)c1ccc(C)cc1C. The molecule has 1 aliphatic rings. The largest absolute Gasteiger partial charge is 0.486 e. The maximum Gasteiger partial charge on any atom is 0.244 e. The minimum atomic E-state index is -3.73. The van der Waals surface area contributed by atoms with E-state index >= 15 is 0 Å². The predicted octanol–water partition coefficient (Wildman–Crippen LogP) is 3.50. The number of benzene rings is 2. The number of carbonyl (C=O) groups excluding carboxylic acids is 1. The Balaban J connectivity index is 1.87. The fourth-order valence-electron chi connectivity index (χ4n) is 3.89. The number of anilines is 1. The van der Waals surface area contributed by atoms with Crippen molar-refractivity contribution in [1.82, 2.24) is 5.32 Å². The molecule has 0 aliphatic carbocycles. The highest BCUT2D eigenvalue weighted by Crippen LogP contribution is 2.35. The number of nitrogens with zero attached hydrogens (tertiary/aromatic N) is 1. The lowest BCUT2D eigenvalue weighted by Gasteiger charge is -2.31. The lowest BCUT2D eigenvalue weighted by atomic mass is 9.97. The lowest BCUT2D eigenvalue weighted by molar-refractivity contribution is -0.122. The number of aryl methyl sites for hydroxylation is 2. The second-order valence-electron chi connectivity index (χ2n) is 7.89. The van der Waals surface area contributed by atoms with E-state index < -0.39 is 16.1 Å². The number of nitrogens with one attached hydrogen (secondary N) is 1. The highest BCUT2D eigenvalue weighted by atomic mass is 32.2. The lowest BCUT2D eigenvalue weighted by Crippen LogP contribution is -2.48. The molecule has 1 heterocycles. The van der Waals surface area contributed by atoms with Gasteiger partial charge in [-0.1, -0.05) is 30.7 Å². The molecule has 1 aliphatic heterocycles. The van der Waals surface area contributed by atoms with E-state index in [4.69, 9.17) is 9.47 Å². The molecule has 8 heteroatoms. The van der Waals surface area contributed by atoms with Crippen molar-refractivity contribution in [1.29, 1.82) is 0 Å². The summed E-state index contributed by atoms with van der Waals surface area (Å²) in [5.74, 6) is 0.653. The van der Waals surface area contributed by atoms with Crippen molar-refractivity contribution in [2.24, 2.45) is 0 Å². The molecule has 0 bridgehead atoms. The van der Waals surface area contributed by atoms with Crippen LogP contribution < -0.4 is 19.1 Å². The highest BCUT2D eigenvalue weighted by molar-refractivity contribution is 7.92. The Labute approximate surface area is 184 Å². The van der Waals surface area contributed by atoms with Gasteiger partial charge in [-0.2, -0.15) is 0 Å². The first-order valence-corrected chi connectivity index (χ1v) is 12.2. The average Bonchev–Trinajstić information content (AvgIpc) is 2.71. The van der Waals surface area contributed by atoms with E-state index in [1.165, 1.54) is 0 Å². The van der Waals surface area contributed by atoms with Crippen molar-refractivity contribution in [2.75, 3.05) is 23.8 Å². The normalized spacial score (nSPS) is 15.1. The van der Waals surface area contributed by atoms with Crippen LogP contribution in [0.3, 0.4) is 0 Å². The maximum atomic E-state index is 13.1. The van der Waals surface area contributed by atoms with Gasteiger partial charge in [-0.05, 0) is 50.5 Å². The van der Waals surface area contributed by atoms with Gasteiger partial charge in [-0.25, -0.2) is 8.42 Å². The first kappa shape index (κ1) is 22.9. The standard InChI is InChI=1S/C23H30N2O5S/c1-6-20(19-9-7-15(2)13-16(19)3)24-23(26)17(4)25(31(5,27)28)18-8-10-21-22(14-18)30-12-11-29-21/h7-10,13-14,17,20H,6,11-12H2,1-5H3,(H,24,26)/t17-,20+/m1/s1. The zero-order valence-corrected chi connectivity index (χ0v) is 19.5. The van der Waals surface area contributed by atoms with Crippen molar-refractivity contribution in [2.45, 2.75) is 46.2 Å². The summed E-state index contributed by atoms with van der Waals surface area (Å²) in [4.78, 5) is 13.1. The molecular weight excluding hydrogens is 416 g/mol. The van der Waals surface area contributed by atoms with Gasteiger partial charge >= 0.3 is 0 Å². The first-order valence-electron chi connectivity index (χ1n) is 10.4. The fourth-order valence-corrected chi connectivity index (χ4v) is 5.05. The van der Waals surface area contributed by atoms with Gasteiger partial charge in [0.05, 0.1) is 18.0 Å². The predicted molar refractivity (Wildman–Crippen MR) is 121 cm³/mol. The molecule has 2 atom stereocenters. The van der Waals surface area contributed by atoms with E-state index in [0.29, 0.717) is 36.8 Å². The Morgan fingerprint density at radius 1 is 1.10 bits per heavy atom. The van der Waals surface area contributed by atoms with Gasteiger partial charge in [-0.3, -0.25) is 9.10 Å². The van der Waals surface area contributed by atoms with E-state index in [9.17, 15) is 13.2 Å². The zero-order chi connectivity index (χ0) is 22.8. The van der Waals surface area contributed by atoms with E-state index in [1.807, 2.05) is 32.9 Å². The van der Waals surface area contributed by atoms with E-state index in [1.54, 1.807) is 25.1 Å². The summed E-state index contributed by atoms with van der Waals surface area (Å²) in [7, 11) is -3.73. The third kappa shape index (κ3) is 5.12. The second kappa shape index (κ2) is 9.18. The quantitative estimate of drug-likeness (QED) is 0.704. The van der Waals surface area contributed by atoms with Gasteiger partial charge in [0.15, 0.2) is 11.5 Å². The van der Waals surface area contributed by atoms with Crippen molar-refractivity contribution in [3.63, 3.8) is 0 Å². The topological polar surface area (TPSA) is 84.9 Å². The number of hydrogen-bond donors (Lipinski definition) is 1. The Hall–Kier alpha value is -2.74. The molecule has 0 spiro atoms. The maximum absolute atomic E-state index is 13.1. The van der Waals surface area contributed by atoms with Crippen LogP contribution in [0, 0.1) is 13.8 Å². The average molecular weight is 447 g/mol. The number of hydrogen-bond acceptors (Lipinski definition) is 5. The van der Waals surface area contributed by atoms with E-state index in [2.05, 4.69) is 11.4 Å². The van der Waals surface area contributed by atoms with Gasteiger partial charge in [-0.15, -0.1) is 0 Å². The Kier molecular flexibility index (Phi) is 6.79. The molecule has 0 fully saturated rings. The monoisotopic (exact) mass is 446 g/mol. The van der Waals surface area contributed by atoms with Crippen molar-refractivity contribution < 1.29 is 22.7 Å². The van der Waals surface area contributed by atoms with Crippen LogP contribution in [0.15, 0.2) is 36.4 Å². The minimum Gasteiger partial charge on any atom is -0.486 e. The van der Waals surface area contributed by atoms with Crippen LogP contribution in [-0.4, -0.2) is 39.8 Å². The summed E-state index contributed by atoms with van der Waals surface area (Å²) in [6, 6.07) is 9.83. The molecule has 7 nitrogen and oxygen atoms in total. The van der Waals surface area contributed by atoms with Crippen LogP contribution in [0.1, 0.15) is 43.0 Å². The summed E-state index contributed by atoms with van der Waals surface area (Å²) in [5, 5.41) is 3.03. The molecule has 0 saturated heterocycles. The van der Waals surface area contributed by atoms with Crippen LogP contribution in [0.2, 0.25) is 0 Å². The molecule has 31 heavy (non-hydrogen) atoms. The molecule has 0 aromatic heterocycles. The van der Waals surface area contributed by atoms with Gasteiger partial charge in [0.25, 0.3) is 0 Å². The van der Waals surface area contributed by atoms with Crippen molar-refractivity contribution >= 4 is 21.6 Å². The Morgan fingerprint density at radius 3 is 2.39 bits per heavy atom. The highest BCUT2D eigenvalue weighted by Gasteiger charge is 2.31. The summed E-state index contributed by atoms with van der Waals surface area (Å²) in [5.41, 5.74) is 3.62. The zero-order valence-electron chi connectivity index (χ0n) is 18.6. The third-order valence-corrected chi connectivity index (χ3v) is 6.64. The number of ether oxygens (including phenoxy) is 2. The van der Waals surface area contributed by atoms with Crippen LogP contribution in [0.5, 0.6) is 11.5 Å². The molecule has 0 unspecified atom stereocenters. The van der Waals surface area contributed by atoms with Crippen molar-refractivity contribution in [3.05, 3.63) is 53.1 Å². The number of rotatable bonds is 7. The number of fused-ring (bicyclic) bond motifs is 1. The molecule has 0 saturated carbocycles. The molecule has 2 aromatic rings. The van der Waals surface area contributed by atoms with E-state index in [0.717, 1.165) is 27.3 Å². The number of carbonyl (C=O) groups is 1. The van der Waals surface area contributed by atoms with Gasteiger partial charge in [0, 0.05) is 6.07 Å². The molecule has 1 amide bonds. The number of sulfonamides is 1. The molecule has 0 radical (unpaired) electrons. The molecular formula is C23H30N2O5S. The second-order valence-corrected chi connectivity index (χ2v) is 9.75. The summed E-state index contributed by atoms with van der Waals surface area (Å²) < 4.78 is 37.5. The van der Waals surface area contributed by atoms with Crippen LogP contribution in [-0.2, 0) is 14.8 Å². The molecule has 168 valence electrons. The first-order chi connectivity index (χ1) is 14.6. The van der Waals surface area contributed by atoms with Gasteiger partial charge < -0.3 is 14.8 Å². The summed E-state index contributed by atoms with van der Waals surface area (Å²) in [6.07, 6.45) is 1.78. The minimum absolute atomic E-state index is 0.211. The molecule has 2 aromatic carbocycles. The van der Waals surface area contributed by atoms with Gasteiger partial charge in [0.2, 0.25) is 15.9 Å². The number of amides is 1. The Bertz CT molecular complexity index is 1070. The van der Waals surface area contributed by atoms with Crippen LogP contribution >= 0.6 is 0 Å². The smallest absolute Gasteiger partial charge is 0.244 e. The summed E-state index contributed by atoms with van der Waals surface area (Å²) in [6.45, 7) is 8.44. The Morgan fingerprint density at radius 2 is 1.77 bits per heavy atom. The molecule has 1 N–H and O–H groups in total. The van der Waals surface area contributed by atoms with Gasteiger partial charge in [0.1, 0.15) is 19.3 Å². The molecule has 3 rings (SSSR count). The van der Waals surface area contributed by atoms with E-state index in [-0.39, 0.29) is 11.9 Å². The van der Waals surface area contributed by atoms with Crippen LogP contribution in [0.25, 0.3) is 0 Å².